The van der Waals surface area contributed by atoms with Crippen LogP contribution in [0, 0.1) is 0 Å². The number of thiophene rings is 1. The van der Waals surface area contributed by atoms with E-state index in [-0.39, 0.29) is 11.5 Å². The monoisotopic (exact) mass is 307 g/mol. The van der Waals surface area contributed by atoms with E-state index < -0.39 is 10.0 Å². The Bertz CT molecular complexity index is 501. The largest absolute Gasteiger partial charge is 0.391 e. The van der Waals surface area contributed by atoms with E-state index in [2.05, 4.69) is 0 Å². The standard InChI is InChI=1S/C11H17NO3S3/c1-8-5-12(6-9(2)17-8)18(14,15)11-3-4-16-10(11)7-13/h3-4,8-9,13H,5-7H2,1-2H3. The first kappa shape index (κ1) is 14.3. The number of aliphatic hydroxyl groups excluding tert-OH is 1. The van der Waals surface area contributed by atoms with Crippen molar-refractivity contribution in [2.45, 2.75) is 35.8 Å². The molecule has 0 aliphatic carbocycles. The number of sulfonamides is 1. The Balaban J connectivity index is 2.31. The minimum Gasteiger partial charge on any atom is -0.391 e. The van der Waals surface area contributed by atoms with Gasteiger partial charge >= 0.3 is 0 Å². The molecule has 1 aromatic rings. The lowest BCUT2D eigenvalue weighted by atomic mass is 10.4. The Hall–Kier alpha value is -0.0800. The zero-order valence-electron chi connectivity index (χ0n) is 10.4. The molecule has 0 aromatic carbocycles. The zero-order chi connectivity index (χ0) is 13.3. The van der Waals surface area contributed by atoms with Crippen molar-refractivity contribution in [3.8, 4) is 0 Å². The van der Waals surface area contributed by atoms with E-state index in [0.717, 1.165) is 0 Å². The lowest BCUT2D eigenvalue weighted by molar-refractivity contribution is 0.282. The van der Waals surface area contributed by atoms with E-state index in [9.17, 15) is 13.5 Å². The second-order valence-electron chi connectivity index (χ2n) is 4.45. The Morgan fingerprint density at radius 3 is 2.56 bits per heavy atom. The number of hydrogen-bond donors (Lipinski definition) is 1. The molecule has 1 aliphatic rings. The SMILES string of the molecule is CC1CN(S(=O)(=O)c2ccsc2CO)CC(C)S1. The molecular weight excluding hydrogens is 290 g/mol. The smallest absolute Gasteiger partial charge is 0.244 e. The Morgan fingerprint density at radius 1 is 1.39 bits per heavy atom. The van der Waals surface area contributed by atoms with Gasteiger partial charge in [0.2, 0.25) is 10.0 Å². The van der Waals surface area contributed by atoms with Gasteiger partial charge in [0.15, 0.2) is 0 Å². The molecule has 1 aliphatic heterocycles. The lowest BCUT2D eigenvalue weighted by Crippen LogP contribution is -2.44. The van der Waals surface area contributed by atoms with E-state index >= 15 is 0 Å². The van der Waals surface area contributed by atoms with Crippen LogP contribution in [0.4, 0.5) is 0 Å². The highest BCUT2D eigenvalue weighted by atomic mass is 32.2. The molecule has 18 heavy (non-hydrogen) atoms. The van der Waals surface area contributed by atoms with E-state index in [1.54, 1.807) is 15.8 Å². The Kier molecular flexibility index (Phi) is 4.38. The maximum absolute atomic E-state index is 12.5. The van der Waals surface area contributed by atoms with Gasteiger partial charge in [-0.25, -0.2) is 8.42 Å². The van der Waals surface area contributed by atoms with Crippen LogP contribution in [-0.2, 0) is 16.6 Å². The highest BCUT2D eigenvalue weighted by molar-refractivity contribution is 8.00. The molecule has 0 bridgehead atoms. The molecule has 2 rings (SSSR count). The second-order valence-corrected chi connectivity index (χ2v) is 9.23. The number of aliphatic hydroxyl groups is 1. The summed E-state index contributed by atoms with van der Waals surface area (Å²) in [7, 11) is -3.46. The van der Waals surface area contributed by atoms with Crippen molar-refractivity contribution in [2.24, 2.45) is 0 Å². The molecule has 1 saturated heterocycles. The summed E-state index contributed by atoms with van der Waals surface area (Å²) in [5.41, 5.74) is 0. The van der Waals surface area contributed by atoms with Gasteiger partial charge < -0.3 is 5.11 Å². The highest BCUT2D eigenvalue weighted by Gasteiger charge is 2.33. The molecule has 2 heterocycles. The average Bonchev–Trinajstić information content (AvgIpc) is 2.76. The van der Waals surface area contributed by atoms with Crippen molar-refractivity contribution in [2.75, 3.05) is 13.1 Å². The molecule has 1 N–H and O–H groups in total. The predicted molar refractivity (Wildman–Crippen MR) is 75.5 cm³/mol. The van der Waals surface area contributed by atoms with Crippen LogP contribution < -0.4 is 0 Å². The van der Waals surface area contributed by atoms with Crippen molar-refractivity contribution in [3.05, 3.63) is 16.3 Å². The summed E-state index contributed by atoms with van der Waals surface area (Å²) in [6, 6.07) is 1.59. The van der Waals surface area contributed by atoms with Crippen LogP contribution in [0.15, 0.2) is 16.3 Å². The topological polar surface area (TPSA) is 57.6 Å². The van der Waals surface area contributed by atoms with Crippen LogP contribution in [0.5, 0.6) is 0 Å². The molecule has 0 saturated carbocycles. The van der Waals surface area contributed by atoms with Crippen LogP contribution in [0.25, 0.3) is 0 Å². The van der Waals surface area contributed by atoms with Gasteiger partial charge in [0, 0.05) is 28.5 Å². The van der Waals surface area contributed by atoms with Crippen molar-refractivity contribution >= 4 is 33.1 Å². The number of rotatable bonds is 3. The first-order valence-electron chi connectivity index (χ1n) is 5.78. The fourth-order valence-electron chi connectivity index (χ4n) is 2.14. The first-order valence-corrected chi connectivity index (χ1v) is 9.04. The molecule has 1 aromatic heterocycles. The Morgan fingerprint density at radius 2 is 2.00 bits per heavy atom. The van der Waals surface area contributed by atoms with E-state index in [1.807, 2.05) is 25.6 Å². The molecule has 0 amide bonds. The molecule has 2 atom stereocenters. The van der Waals surface area contributed by atoms with Crippen LogP contribution in [0.3, 0.4) is 0 Å². The summed E-state index contributed by atoms with van der Waals surface area (Å²) >= 11 is 3.10. The first-order chi connectivity index (χ1) is 8.45. The van der Waals surface area contributed by atoms with Crippen LogP contribution in [0.2, 0.25) is 0 Å². The second kappa shape index (κ2) is 5.50. The van der Waals surface area contributed by atoms with Crippen molar-refractivity contribution < 1.29 is 13.5 Å². The van der Waals surface area contributed by atoms with E-state index in [4.69, 9.17) is 0 Å². The van der Waals surface area contributed by atoms with E-state index in [0.29, 0.717) is 28.5 Å². The van der Waals surface area contributed by atoms with Gasteiger partial charge in [0.1, 0.15) is 0 Å². The zero-order valence-corrected chi connectivity index (χ0v) is 12.8. The number of hydrogen-bond acceptors (Lipinski definition) is 5. The molecular formula is C11H17NO3S3. The lowest BCUT2D eigenvalue weighted by Gasteiger charge is -2.33. The average molecular weight is 307 g/mol. The summed E-state index contributed by atoms with van der Waals surface area (Å²) < 4.78 is 26.6. The van der Waals surface area contributed by atoms with Crippen LogP contribution >= 0.6 is 23.1 Å². The van der Waals surface area contributed by atoms with Gasteiger partial charge in [0.05, 0.1) is 11.5 Å². The third kappa shape index (κ3) is 2.75. The van der Waals surface area contributed by atoms with Gasteiger partial charge in [-0.15, -0.1) is 11.3 Å². The quantitative estimate of drug-likeness (QED) is 0.924. The van der Waals surface area contributed by atoms with Gasteiger partial charge in [-0.2, -0.15) is 16.1 Å². The van der Waals surface area contributed by atoms with Gasteiger partial charge in [0.25, 0.3) is 0 Å². The number of nitrogens with zero attached hydrogens (tertiary/aromatic N) is 1. The fraction of sp³-hybridized carbons (Fsp3) is 0.636. The Labute approximate surface area is 116 Å². The molecule has 2 unspecified atom stereocenters. The summed E-state index contributed by atoms with van der Waals surface area (Å²) in [5, 5.41) is 11.5. The minimum atomic E-state index is -3.46. The van der Waals surface area contributed by atoms with Gasteiger partial charge in [-0.1, -0.05) is 13.8 Å². The van der Waals surface area contributed by atoms with Crippen molar-refractivity contribution in [1.29, 1.82) is 0 Å². The molecule has 4 nitrogen and oxygen atoms in total. The summed E-state index contributed by atoms with van der Waals surface area (Å²) in [5.74, 6) is 0. The predicted octanol–water partition coefficient (Wildman–Crippen LogP) is 1.75. The molecule has 7 heteroatoms. The summed E-state index contributed by atoms with van der Waals surface area (Å²) in [6.07, 6.45) is 0. The van der Waals surface area contributed by atoms with Gasteiger partial charge in [-0.3, -0.25) is 0 Å². The summed E-state index contributed by atoms with van der Waals surface area (Å²) in [4.78, 5) is 0.787. The normalized spacial score (nSPS) is 26.4. The third-order valence-corrected chi connectivity index (χ3v) is 7.03. The molecule has 1 fully saturated rings. The minimum absolute atomic E-state index is 0.222. The van der Waals surface area contributed by atoms with Gasteiger partial charge in [-0.05, 0) is 11.4 Å². The molecule has 0 radical (unpaired) electrons. The number of thioether (sulfide) groups is 1. The van der Waals surface area contributed by atoms with E-state index in [1.165, 1.54) is 11.3 Å². The summed E-state index contributed by atoms with van der Waals surface area (Å²) in [6.45, 7) is 4.95. The molecule has 102 valence electrons. The van der Waals surface area contributed by atoms with Crippen LogP contribution in [-0.4, -0.2) is 41.4 Å². The van der Waals surface area contributed by atoms with Crippen LogP contribution in [0.1, 0.15) is 18.7 Å². The maximum Gasteiger partial charge on any atom is 0.244 e. The molecule has 0 spiro atoms. The maximum atomic E-state index is 12.5. The third-order valence-electron chi connectivity index (χ3n) is 2.85. The van der Waals surface area contributed by atoms with Crippen molar-refractivity contribution in [1.82, 2.24) is 4.31 Å². The van der Waals surface area contributed by atoms with Crippen molar-refractivity contribution in [3.63, 3.8) is 0 Å². The highest BCUT2D eigenvalue weighted by Crippen LogP contribution is 2.31. The fourth-order valence-corrected chi connectivity index (χ4v) is 6.54.